The summed E-state index contributed by atoms with van der Waals surface area (Å²) in [4.78, 5) is 6.28. The monoisotopic (exact) mass is 308 g/mol. The predicted molar refractivity (Wildman–Crippen MR) is 87.8 cm³/mol. The van der Waals surface area contributed by atoms with E-state index in [1.54, 1.807) is 7.11 Å². The van der Waals surface area contributed by atoms with Crippen LogP contribution in [0.2, 0.25) is 0 Å². The summed E-state index contributed by atoms with van der Waals surface area (Å²) < 4.78 is 5.25. The molecular weight excluding hydrogens is 280 g/mol. The van der Waals surface area contributed by atoms with Gasteiger partial charge in [-0.25, -0.2) is 4.98 Å². The van der Waals surface area contributed by atoms with E-state index in [1.807, 2.05) is 11.3 Å². The second-order valence-corrected chi connectivity index (χ2v) is 8.06. The number of thiazole rings is 1. The molecule has 2 saturated carbocycles. The number of hydrogen-bond donors (Lipinski definition) is 1. The molecule has 0 saturated heterocycles. The molecular formula is C17H28N2OS. The molecule has 118 valence electrons. The Morgan fingerprint density at radius 2 is 2.10 bits per heavy atom. The number of hydrogen-bond acceptors (Lipinski definition) is 4. The summed E-state index contributed by atoms with van der Waals surface area (Å²) >= 11 is 1.90. The molecule has 3 nitrogen and oxygen atoms in total. The van der Waals surface area contributed by atoms with Gasteiger partial charge in [0.1, 0.15) is 5.01 Å². The van der Waals surface area contributed by atoms with E-state index >= 15 is 0 Å². The summed E-state index contributed by atoms with van der Waals surface area (Å²) in [6, 6.07) is 0. The van der Waals surface area contributed by atoms with E-state index in [0.717, 1.165) is 25.0 Å². The van der Waals surface area contributed by atoms with Gasteiger partial charge in [-0.05, 0) is 51.4 Å². The first-order valence-corrected chi connectivity index (χ1v) is 9.15. The molecule has 3 rings (SSSR count). The SMILES string of the molecule is COCCNC1(c2nc(C)c(C)s2)CCCC(C2CC2)C1. The second kappa shape index (κ2) is 6.35. The minimum atomic E-state index is 0.105. The molecule has 2 aliphatic carbocycles. The fraction of sp³-hybridized carbons (Fsp3) is 0.824. The lowest BCUT2D eigenvalue weighted by Gasteiger charge is -2.41. The van der Waals surface area contributed by atoms with E-state index in [9.17, 15) is 0 Å². The molecule has 0 aliphatic heterocycles. The first-order valence-electron chi connectivity index (χ1n) is 8.33. The fourth-order valence-electron chi connectivity index (χ4n) is 3.79. The molecule has 2 unspecified atom stereocenters. The molecule has 1 aromatic rings. The number of ether oxygens (including phenoxy) is 1. The van der Waals surface area contributed by atoms with Crippen LogP contribution >= 0.6 is 11.3 Å². The van der Waals surface area contributed by atoms with E-state index in [-0.39, 0.29) is 5.54 Å². The summed E-state index contributed by atoms with van der Waals surface area (Å²) in [6.45, 7) is 6.03. The van der Waals surface area contributed by atoms with Crippen LogP contribution in [0.1, 0.15) is 54.1 Å². The maximum absolute atomic E-state index is 5.25. The molecule has 1 aromatic heterocycles. The Kier molecular flexibility index (Phi) is 4.67. The van der Waals surface area contributed by atoms with Crippen LogP contribution in [-0.2, 0) is 10.3 Å². The number of nitrogens with one attached hydrogen (secondary N) is 1. The van der Waals surface area contributed by atoms with E-state index in [0.29, 0.717) is 0 Å². The van der Waals surface area contributed by atoms with Gasteiger partial charge in [0.2, 0.25) is 0 Å². The van der Waals surface area contributed by atoms with E-state index in [4.69, 9.17) is 9.72 Å². The van der Waals surface area contributed by atoms with Crippen LogP contribution in [-0.4, -0.2) is 25.2 Å². The molecule has 0 aromatic carbocycles. The average Bonchev–Trinajstić information content (AvgIpc) is 3.26. The van der Waals surface area contributed by atoms with E-state index in [1.165, 1.54) is 54.1 Å². The number of rotatable bonds is 6. The lowest BCUT2D eigenvalue weighted by molar-refractivity contribution is 0.137. The number of methoxy groups -OCH3 is 1. The van der Waals surface area contributed by atoms with Gasteiger partial charge in [-0.15, -0.1) is 11.3 Å². The Hall–Kier alpha value is -0.450. The van der Waals surface area contributed by atoms with Gasteiger partial charge in [-0.3, -0.25) is 0 Å². The Morgan fingerprint density at radius 1 is 1.29 bits per heavy atom. The highest BCUT2D eigenvalue weighted by atomic mass is 32.1. The van der Waals surface area contributed by atoms with Crippen LogP contribution in [0.25, 0.3) is 0 Å². The molecule has 0 bridgehead atoms. The van der Waals surface area contributed by atoms with Crippen LogP contribution < -0.4 is 5.32 Å². The topological polar surface area (TPSA) is 34.1 Å². The second-order valence-electron chi connectivity index (χ2n) is 6.86. The van der Waals surface area contributed by atoms with Crippen LogP contribution in [0, 0.1) is 25.7 Å². The van der Waals surface area contributed by atoms with Crippen molar-refractivity contribution < 1.29 is 4.74 Å². The van der Waals surface area contributed by atoms with Crippen LogP contribution in [0.15, 0.2) is 0 Å². The number of aryl methyl sites for hydroxylation is 2. The van der Waals surface area contributed by atoms with Crippen molar-refractivity contribution in [1.82, 2.24) is 10.3 Å². The minimum absolute atomic E-state index is 0.105. The zero-order valence-electron chi connectivity index (χ0n) is 13.6. The smallest absolute Gasteiger partial charge is 0.113 e. The fourth-order valence-corrected chi connectivity index (χ4v) is 4.91. The minimum Gasteiger partial charge on any atom is -0.383 e. The standard InChI is InChI=1S/C17H28N2OS/c1-12-13(2)21-16(19-12)17(18-9-10-20-3)8-4-5-15(11-17)14-6-7-14/h14-15,18H,4-11H2,1-3H3. The Labute approximate surface area is 132 Å². The highest BCUT2D eigenvalue weighted by Gasteiger charge is 2.44. The van der Waals surface area contributed by atoms with Gasteiger partial charge in [-0.2, -0.15) is 0 Å². The lowest BCUT2D eigenvalue weighted by Crippen LogP contribution is -2.47. The molecule has 0 radical (unpaired) electrons. The molecule has 1 heterocycles. The Bertz CT molecular complexity index is 464. The van der Waals surface area contributed by atoms with Crippen molar-refractivity contribution in [2.75, 3.05) is 20.3 Å². The van der Waals surface area contributed by atoms with Crippen LogP contribution in [0.5, 0.6) is 0 Å². The van der Waals surface area contributed by atoms with Crippen molar-refractivity contribution in [1.29, 1.82) is 0 Å². The lowest BCUT2D eigenvalue weighted by atomic mass is 9.74. The van der Waals surface area contributed by atoms with Gasteiger partial charge in [0, 0.05) is 18.5 Å². The molecule has 2 fully saturated rings. The van der Waals surface area contributed by atoms with Crippen molar-refractivity contribution >= 4 is 11.3 Å². The van der Waals surface area contributed by atoms with Gasteiger partial charge < -0.3 is 10.1 Å². The first kappa shape index (κ1) is 15.4. The Morgan fingerprint density at radius 3 is 2.71 bits per heavy atom. The third kappa shape index (κ3) is 3.33. The molecule has 0 spiro atoms. The highest BCUT2D eigenvalue weighted by Crippen LogP contribution is 2.50. The normalized spacial score (nSPS) is 29.8. The van der Waals surface area contributed by atoms with E-state index in [2.05, 4.69) is 19.2 Å². The van der Waals surface area contributed by atoms with Crippen molar-refractivity contribution in [2.45, 2.75) is 57.9 Å². The maximum atomic E-state index is 5.25. The largest absolute Gasteiger partial charge is 0.383 e. The van der Waals surface area contributed by atoms with Crippen molar-refractivity contribution in [3.05, 3.63) is 15.6 Å². The molecule has 2 atom stereocenters. The van der Waals surface area contributed by atoms with Gasteiger partial charge in [-0.1, -0.05) is 12.8 Å². The van der Waals surface area contributed by atoms with Crippen molar-refractivity contribution in [2.24, 2.45) is 11.8 Å². The van der Waals surface area contributed by atoms with Gasteiger partial charge >= 0.3 is 0 Å². The van der Waals surface area contributed by atoms with Gasteiger partial charge in [0.25, 0.3) is 0 Å². The zero-order chi connectivity index (χ0) is 14.9. The Balaban J connectivity index is 1.82. The van der Waals surface area contributed by atoms with Crippen LogP contribution in [0.4, 0.5) is 0 Å². The van der Waals surface area contributed by atoms with Crippen LogP contribution in [0.3, 0.4) is 0 Å². The summed E-state index contributed by atoms with van der Waals surface area (Å²) in [6.07, 6.45) is 8.16. The quantitative estimate of drug-likeness (QED) is 0.812. The zero-order valence-corrected chi connectivity index (χ0v) is 14.4. The number of aromatic nitrogens is 1. The van der Waals surface area contributed by atoms with Gasteiger partial charge in [0.05, 0.1) is 17.8 Å². The van der Waals surface area contributed by atoms with Crippen molar-refractivity contribution in [3.63, 3.8) is 0 Å². The maximum Gasteiger partial charge on any atom is 0.113 e. The predicted octanol–water partition coefficient (Wildman–Crippen LogP) is 3.79. The molecule has 1 N–H and O–H groups in total. The molecule has 21 heavy (non-hydrogen) atoms. The molecule has 2 aliphatic rings. The van der Waals surface area contributed by atoms with E-state index < -0.39 is 0 Å². The van der Waals surface area contributed by atoms with Crippen molar-refractivity contribution in [3.8, 4) is 0 Å². The molecule has 0 amide bonds. The summed E-state index contributed by atoms with van der Waals surface area (Å²) in [5, 5.41) is 5.15. The first-order chi connectivity index (χ1) is 10.1. The number of nitrogens with zero attached hydrogens (tertiary/aromatic N) is 1. The summed E-state index contributed by atoms with van der Waals surface area (Å²) in [7, 11) is 1.78. The van der Waals surface area contributed by atoms with Gasteiger partial charge in [0.15, 0.2) is 0 Å². The summed E-state index contributed by atoms with van der Waals surface area (Å²) in [5.41, 5.74) is 1.31. The summed E-state index contributed by atoms with van der Waals surface area (Å²) in [5.74, 6) is 1.90. The average molecular weight is 308 g/mol. The third-order valence-electron chi connectivity index (χ3n) is 5.29. The highest BCUT2D eigenvalue weighted by molar-refractivity contribution is 7.11. The third-order valence-corrected chi connectivity index (χ3v) is 6.56. The molecule has 4 heteroatoms.